The first-order chi connectivity index (χ1) is 15.6. The van der Waals surface area contributed by atoms with E-state index in [9.17, 15) is 15.5 Å². The second-order valence-corrected chi connectivity index (χ2v) is 13.1. The molecule has 2 aliphatic heterocycles. The van der Waals surface area contributed by atoms with Crippen molar-refractivity contribution in [1.82, 2.24) is 25.1 Å². The van der Waals surface area contributed by atoms with E-state index in [1.165, 1.54) is 16.8 Å². The van der Waals surface area contributed by atoms with Gasteiger partial charge in [0.05, 0.1) is 6.61 Å². The monoisotopic (exact) mass is 496 g/mol. The van der Waals surface area contributed by atoms with Crippen LogP contribution in [-0.2, 0) is 10.4 Å². The Bertz CT molecular complexity index is 768. The molecule has 0 atom stereocenters. The largest absolute Gasteiger partial charge is 0.460 e. The van der Waals surface area contributed by atoms with Gasteiger partial charge in [-0.2, -0.15) is 15.0 Å². The average molecular weight is 497 g/mol. The Morgan fingerprint density at radius 3 is 1.88 bits per heavy atom. The van der Waals surface area contributed by atoms with Gasteiger partial charge in [-0.05, 0) is 68.2 Å². The third-order valence-electron chi connectivity index (χ3n) is 6.67. The third kappa shape index (κ3) is 6.11. The molecule has 0 aromatic carbocycles. The SMILES string of the molecule is CC1(C)CC(Nc2nc(OC3CC(C)(C)N([O])C(C)(C)C3)nc(SCCO)n2)CC(C)(C)N1[O]. The lowest BCUT2D eigenvalue weighted by Gasteiger charge is -2.50. The van der Waals surface area contributed by atoms with Crippen LogP contribution in [0.25, 0.3) is 0 Å². The molecule has 11 heteroatoms. The number of rotatable bonds is 7. The van der Waals surface area contributed by atoms with E-state index in [2.05, 4.69) is 20.3 Å². The molecule has 0 bridgehead atoms. The lowest BCUT2D eigenvalue weighted by Crippen LogP contribution is -2.60. The second-order valence-electron chi connectivity index (χ2n) is 12.0. The summed E-state index contributed by atoms with van der Waals surface area (Å²) in [5, 5.41) is 40.9. The van der Waals surface area contributed by atoms with Crippen molar-refractivity contribution in [2.75, 3.05) is 17.7 Å². The van der Waals surface area contributed by atoms with Crippen LogP contribution in [0.2, 0.25) is 0 Å². The fourth-order valence-electron chi connectivity index (χ4n) is 5.61. The molecular formula is C23H40N6O4S. The molecular weight excluding hydrogens is 456 g/mol. The van der Waals surface area contributed by atoms with Gasteiger partial charge < -0.3 is 15.2 Å². The maximum atomic E-state index is 12.7. The van der Waals surface area contributed by atoms with E-state index < -0.39 is 22.2 Å². The Morgan fingerprint density at radius 2 is 1.38 bits per heavy atom. The van der Waals surface area contributed by atoms with Crippen molar-refractivity contribution in [3.05, 3.63) is 0 Å². The summed E-state index contributed by atoms with van der Waals surface area (Å²) in [6, 6.07) is 0.205. The molecule has 3 heterocycles. The molecule has 10 nitrogen and oxygen atoms in total. The van der Waals surface area contributed by atoms with Crippen molar-refractivity contribution < 1.29 is 20.3 Å². The molecule has 2 N–H and O–H groups in total. The molecule has 192 valence electrons. The number of aliphatic hydroxyl groups is 1. The maximum absolute atomic E-state index is 12.7. The lowest BCUT2D eigenvalue weighted by atomic mass is 9.79. The van der Waals surface area contributed by atoms with Gasteiger partial charge in [-0.3, -0.25) is 0 Å². The minimum absolute atomic E-state index is 0.00251. The molecule has 0 amide bonds. The Hall–Kier alpha value is -1.24. The van der Waals surface area contributed by atoms with Gasteiger partial charge in [0.2, 0.25) is 5.95 Å². The highest BCUT2D eigenvalue weighted by Gasteiger charge is 2.48. The summed E-state index contributed by atoms with van der Waals surface area (Å²) in [7, 11) is 0. The van der Waals surface area contributed by atoms with E-state index >= 15 is 0 Å². The zero-order valence-electron chi connectivity index (χ0n) is 21.7. The number of piperidine rings is 2. The standard InChI is InChI=1S/C23H40N6O4S/c1-20(2)11-15(12-21(3,4)28(20)31)24-17-25-18(27-19(26-17)34-10-9-30)33-16-13-22(5,6)29(32)23(7,8)14-16/h15-16,30H,9-14H2,1-8H3,(H,24,25,26,27). The number of hydroxylamine groups is 4. The molecule has 3 rings (SSSR count). The van der Waals surface area contributed by atoms with Gasteiger partial charge >= 0.3 is 6.01 Å². The number of aromatic nitrogens is 3. The normalized spacial score (nSPS) is 25.3. The van der Waals surface area contributed by atoms with E-state index in [4.69, 9.17) is 4.74 Å². The Kier molecular flexibility index (Phi) is 7.77. The molecule has 34 heavy (non-hydrogen) atoms. The van der Waals surface area contributed by atoms with Gasteiger partial charge in [0.1, 0.15) is 6.10 Å². The van der Waals surface area contributed by atoms with Crippen LogP contribution in [0.1, 0.15) is 81.1 Å². The first-order valence-electron chi connectivity index (χ1n) is 11.9. The van der Waals surface area contributed by atoms with Crippen LogP contribution >= 0.6 is 11.8 Å². The number of nitrogens with one attached hydrogen (secondary N) is 1. The Balaban J connectivity index is 1.83. The summed E-state index contributed by atoms with van der Waals surface area (Å²) in [5.74, 6) is 0.841. The second kappa shape index (κ2) is 9.67. The lowest BCUT2D eigenvalue weighted by molar-refractivity contribution is -0.297. The van der Waals surface area contributed by atoms with E-state index in [-0.39, 0.29) is 24.8 Å². The van der Waals surface area contributed by atoms with Gasteiger partial charge in [-0.1, -0.05) is 11.8 Å². The molecule has 0 spiro atoms. The van der Waals surface area contributed by atoms with Crippen LogP contribution in [0.15, 0.2) is 5.16 Å². The van der Waals surface area contributed by atoms with E-state index in [1.54, 1.807) is 0 Å². The topological polar surface area (TPSA) is 126 Å². The van der Waals surface area contributed by atoms with Crippen molar-refractivity contribution in [3.63, 3.8) is 0 Å². The zero-order valence-corrected chi connectivity index (χ0v) is 22.5. The van der Waals surface area contributed by atoms with Crippen LogP contribution < -0.4 is 10.1 Å². The summed E-state index contributed by atoms with van der Waals surface area (Å²) in [6.07, 6.45) is 2.18. The predicted octanol–water partition coefficient (Wildman–Crippen LogP) is 3.48. The quantitative estimate of drug-likeness (QED) is 0.545. The fraction of sp³-hybridized carbons (Fsp3) is 0.870. The van der Waals surface area contributed by atoms with Crippen LogP contribution in [0.3, 0.4) is 0 Å². The Labute approximate surface area is 207 Å². The highest BCUT2D eigenvalue weighted by Crippen LogP contribution is 2.39. The van der Waals surface area contributed by atoms with Crippen molar-refractivity contribution in [3.8, 4) is 6.01 Å². The van der Waals surface area contributed by atoms with Gasteiger partial charge in [-0.25, -0.2) is 0 Å². The third-order valence-corrected chi connectivity index (χ3v) is 7.50. The van der Waals surface area contributed by atoms with Crippen LogP contribution in [-0.4, -0.2) is 76.8 Å². The van der Waals surface area contributed by atoms with Crippen LogP contribution in [0.5, 0.6) is 6.01 Å². The van der Waals surface area contributed by atoms with E-state index in [0.717, 1.165) is 5.06 Å². The van der Waals surface area contributed by atoms with Crippen molar-refractivity contribution in [2.45, 2.75) is 121 Å². The van der Waals surface area contributed by atoms with E-state index in [1.807, 2.05) is 55.4 Å². The maximum Gasteiger partial charge on any atom is 0.322 e. The highest BCUT2D eigenvalue weighted by molar-refractivity contribution is 7.99. The smallest absolute Gasteiger partial charge is 0.322 e. The average Bonchev–Trinajstić information content (AvgIpc) is 2.67. The number of aliphatic hydroxyl groups excluding tert-OH is 1. The zero-order chi connectivity index (χ0) is 25.5. The molecule has 0 unspecified atom stereocenters. The minimum atomic E-state index is -0.571. The predicted molar refractivity (Wildman–Crippen MR) is 129 cm³/mol. The molecule has 2 aliphatic rings. The molecule has 2 saturated heterocycles. The summed E-state index contributed by atoms with van der Waals surface area (Å²) in [5.41, 5.74) is -2.19. The molecule has 2 radical (unpaired) electrons. The van der Waals surface area contributed by atoms with Crippen molar-refractivity contribution in [1.29, 1.82) is 0 Å². The summed E-state index contributed by atoms with van der Waals surface area (Å²) in [6.45, 7) is 15.5. The highest BCUT2D eigenvalue weighted by atomic mass is 32.2. The number of thioether (sulfide) groups is 1. The van der Waals surface area contributed by atoms with Crippen LogP contribution in [0, 0.1) is 0 Å². The first-order valence-corrected chi connectivity index (χ1v) is 12.9. The van der Waals surface area contributed by atoms with Crippen molar-refractivity contribution in [2.24, 2.45) is 0 Å². The van der Waals surface area contributed by atoms with Gasteiger partial charge in [0.25, 0.3) is 0 Å². The first kappa shape index (κ1) is 27.3. The number of hydrogen-bond acceptors (Lipinski definition) is 9. The molecule has 2 fully saturated rings. The van der Waals surface area contributed by atoms with Gasteiger partial charge in [0, 0.05) is 46.8 Å². The summed E-state index contributed by atoms with van der Waals surface area (Å²) in [4.78, 5) is 13.5. The minimum Gasteiger partial charge on any atom is -0.460 e. The summed E-state index contributed by atoms with van der Waals surface area (Å²) < 4.78 is 6.22. The van der Waals surface area contributed by atoms with E-state index in [0.29, 0.717) is 42.5 Å². The summed E-state index contributed by atoms with van der Waals surface area (Å²) >= 11 is 1.32. The van der Waals surface area contributed by atoms with Gasteiger partial charge in [0.15, 0.2) is 5.16 Å². The van der Waals surface area contributed by atoms with Crippen LogP contribution in [0.4, 0.5) is 5.95 Å². The molecule has 0 aliphatic carbocycles. The van der Waals surface area contributed by atoms with Crippen molar-refractivity contribution >= 4 is 17.7 Å². The molecule has 0 saturated carbocycles. The Morgan fingerprint density at radius 1 is 0.882 bits per heavy atom. The number of nitrogens with zero attached hydrogens (tertiary/aromatic N) is 5. The van der Waals surface area contributed by atoms with Gasteiger partial charge in [-0.15, -0.1) is 20.5 Å². The number of ether oxygens (including phenoxy) is 1. The number of anilines is 1. The fourth-order valence-corrected chi connectivity index (χ4v) is 6.18. The molecule has 1 aromatic heterocycles. The number of hydrogen-bond donors (Lipinski definition) is 2. The molecule has 1 aromatic rings.